The summed E-state index contributed by atoms with van der Waals surface area (Å²) < 4.78 is 0. The van der Waals surface area contributed by atoms with Gasteiger partial charge in [-0.2, -0.15) is 0 Å². The highest BCUT2D eigenvalue weighted by atomic mass is 79.9. The number of hydrogen-bond donors (Lipinski definition) is 1. The molecule has 0 unspecified atom stereocenters. The van der Waals surface area contributed by atoms with E-state index in [1.165, 1.54) is 32.1 Å². The van der Waals surface area contributed by atoms with E-state index in [1.54, 1.807) is 6.08 Å². The Morgan fingerprint density at radius 1 is 1.21 bits per heavy atom. The Balaban J connectivity index is 3.22. The SMILES string of the molecule is C=C[C@@H](Br)[C@H](O)CCCCCCCC. The fourth-order valence-corrected chi connectivity index (χ4v) is 1.71. The predicted molar refractivity (Wildman–Crippen MR) is 66.9 cm³/mol. The number of unbranched alkanes of at least 4 members (excludes halogenated alkanes) is 5. The number of hydrogen-bond acceptors (Lipinski definition) is 1. The first-order chi connectivity index (χ1) is 6.72. The Morgan fingerprint density at radius 2 is 1.79 bits per heavy atom. The number of aliphatic hydroxyl groups is 1. The molecule has 2 heteroatoms. The summed E-state index contributed by atoms with van der Waals surface area (Å²) >= 11 is 3.37. The molecule has 1 nitrogen and oxygen atoms in total. The Bertz CT molecular complexity index is 136. The third kappa shape index (κ3) is 7.57. The zero-order chi connectivity index (χ0) is 10.8. The zero-order valence-corrected chi connectivity index (χ0v) is 10.8. The minimum atomic E-state index is -0.265. The van der Waals surface area contributed by atoms with E-state index in [-0.39, 0.29) is 10.9 Å². The standard InChI is InChI=1S/C12H23BrO/c1-3-5-6-7-8-9-10-12(14)11(13)4-2/h4,11-12,14H,2-3,5-10H2,1H3/t11-,12-/m1/s1. The lowest BCUT2D eigenvalue weighted by Crippen LogP contribution is -2.17. The van der Waals surface area contributed by atoms with Crippen LogP contribution in [-0.2, 0) is 0 Å². The first-order valence-electron chi connectivity index (χ1n) is 5.67. The van der Waals surface area contributed by atoms with Gasteiger partial charge in [0.1, 0.15) is 0 Å². The first-order valence-corrected chi connectivity index (χ1v) is 6.58. The summed E-state index contributed by atoms with van der Waals surface area (Å²) in [4.78, 5) is 0.0538. The van der Waals surface area contributed by atoms with Crippen LogP contribution in [0.2, 0.25) is 0 Å². The summed E-state index contributed by atoms with van der Waals surface area (Å²) in [5.41, 5.74) is 0. The molecule has 0 aromatic carbocycles. The topological polar surface area (TPSA) is 20.2 Å². The van der Waals surface area contributed by atoms with E-state index in [0.717, 1.165) is 12.8 Å². The molecule has 14 heavy (non-hydrogen) atoms. The molecule has 0 saturated carbocycles. The van der Waals surface area contributed by atoms with Crippen LogP contribution in [0.5, 0.6) is 0 Å². The zero-order valence-electron chi connectivity index (χ0n) is 9.21. The lowest BCUT2D eigenvalue weighted by molar-refractivity contribution is 0.170. The molecule has 0 amide bonds. The third-order valence-corrected chi connectivity index (χ3v) is 3.43. The van der Waals surface area contributed by atoms with E-state index in [9.17, 15) is 5.11 Å². The van der Waals surface area contributed by atoms with E-state index < -0.39 is 0 Å². The van der Waals surface area contributed by atoms with Gasteiger partial charge in [-0.3, -0.25) is 0 Å². The van der Waals surface area contributed by atoms with Crippen molar-refractivity contribution in [1.82, 2.24) is 0 Å². The second kappa shape index (κ2) is 9.72. The van der Waals surface area contributed by atoms with Gasteiger partial charge in [-0.05, 0) is 6.42 Å². The van der Waals surface area contributed by atoms with Crippen molar-refractivity contribution in [2.75, 3.05) is 0 Å². The lowest BCUT2D eigenvalue weighted by Gasteiger charge is -2.13. The average molecular weight is 263 g/mol. The van der Waals surface area contributed by atoms with E-state index in [0.29, 0.717) is 0 Å². The van der Waals surface area contributed by atoms with Crippen LogP contribution in [0.25, 0.3) is 0 Å². The Morgan fingerprint density at radius 3 is 2.36 bits per heavy atom. The van der Waals surface area contributed by atoms with Crippen molar-refractivity contribution < 1.29 is 5.11 Å². The second-order valence-electron chi connectivity index (χ2n) is 3.80. The Labute approximate surface area is 96.7 Å². The van der Waals surface area contributed by atoms with Crippen molar-refractivity contribution in [2.24, 2.45) is 0 Å². The Kier molecular flexibility index (Phi) is 9.85. The monoisotopic (exact) mass is 262 g/mol. The van der Waals surface area contributed by atoms with Crippen molar-refractivity contribution in [1.29, 1.82) is 0 Å². The van der Waals surface area contributed by atoms with Crippen LogP contribution in [0.4, 0.5) is 0 Å². The van der Waals surface area contributed by atoms with E-state index in [2.05, 4.69) is 29.4 Å². The van der Waals surface area contributed by atoms with Crippen molar-refractivity contribution in [3.63, 3.8) is 0 Å². The summed E-state index contributed by atoms with van der Waals surface area (Å²) in [7, 11) is 0. The fraction of sp³-hybridized carbons (Fsp3) is 0.833. The quantitative estimate of drug-likeness (QED) is 0.378. The van der Waals surface area contributed by atoms with E-state index in [1.807, 2.05) is 0 Å². The van der Waals surface area contributed by atoms with E-state index in [4.69, 9.17) is 0 Å². The van der Waals surface area contributed by atoms with Crippen molar-refractivity contribution in [3.05, 3.63) is 12.7 Å². The molecule has 84 valence electrons. The van der Waals surface area contributed by atoms with Gasteiger partial charge in [-0.25, -0.2) is 0 Å². The van der Waals surface area contributed by atoms with Gasteiger partial charge in [0.2, 0.25) is 0 Å². The molecule has 0 radical (unpaired) electrons. The molecule has 0 rings (SSSR count). The molecule has 0 saturated heterocycles. The largest absolute Gasteiger partial charge is 0.392 e. The van der Waals surface area contributed by atoms with Gasteiger partial charge in [0.15, 0.2) is 0 Å². The third-order valence-electron chi connectivity index (χ3n) is 2.45. The number of rotatable bonds is 9. The van der Waals surface area contributed by atoms with Crippen LogP contribution in [0.1, 0.15) is 51.9 Å². The van der Waals surface area contributed by atoms with Gasteiger partial charge in [0.05, 0.1) is 10.9 Å². The maximum absolute atomic E-state index is 9.60. The van der Waals surface area contributed by atoms with Crippen LogP contribution in [-0.4, -0.2) is 16.0 Å². The number of aliphatic hydroxyl groups excluding tert-OH is 1. The highest BCUT2D eigenvalue weighted by Crippen LogP contribution is 2.14. The Hall–Kier alpha value is 0.180. The molecule has 0 heterocycles. The van der Waals surface area contributed by atoms with Crippen molar-refractivity contribution >= 4 is 15.9 Å². The summed E-state index contributed by atoms with van der Waals surface area (Å²) in [5, 5.41) is 9.60. The average Bonchev–Trinajstić information content (AvgIpc) is 2.21. The molecule has 0 spiro atoms. The predicted octanol–water partition coefficient (Wildman–Crippen LogP) is 4.05. The van der Waals surface area contributed by atoms with Crippen LogP contribution in [0, 0.1) is 0 Å². The molecule has 0 aliphatic carbocycles. The van der Waals surface area contributed by atoms with Gasteiger partial charge in [-0.15, -0.1) is 6.58 Å². The van der Waals surface area contributed by atoms with Crippen molar-refractivity contribution in [3.8, 4) is 0 Å². The molecule has 0 aliphatic rings. The minimum absolute atomic E-state index is 0.0538. The summed E-state index contributed by atoms with van der Waals surface area (Å²) in [6, 6.07) is 0. The first kappa shape index (κ1) is 14.2. The molecule has 0 aliphatic heterocycles. The molecular formula is C12H23BrO. The molecule has 0 fully saturated rings. The highest BCUT2D eigenvalue weighted by Gasteiger charge is 2.10. The summed E-state index contributed by atoms with van der Waals surface area (Å²) in [5.74, 6) is 0. The molecule has 1 N–H and O–H groups in total. The maximum atomic E-state index is 9.60. The fourth-order valence-electron chi connectivity index (χ4n) is 1.45. The molecule has 2 atom stereocenters. The maximum Gasteiger partial charge on any atom is 0.0700 e. The number of halogens is 1. The van der Waals surface area contributed by atoms with Gasteiger partial charge in [0.25, 0.3) is 0 Å². The minimum Gasteiger partial charge on any atom is -0.392 e. The molecular weight excluding hydrogens is 240 g/mol. The molecule has 0 aromatic heterocycles. The van der Waals surface area contributed by atoms with Crippen molar-refractivity contribution in [2.45, 2.75) is 62.8 Å². The van der Waals surface area contributed by atoms with Crippen LogP contribution in [0.15, 0.2) is 12.7 Å². The normalized spacial score (nSPS) is 15.1. The second-order valence-corrected chi connectivity index (χ2v) is 4.86. The highest BCUT2D eigenvalue weighted by molar-refractivity contribution is 9.09. The molecule has 0 aromatic rings. The summed E-state index contributed by atoms with van der Waals surface area (Å²) in [6.07, 6.45) is 10.0. The van der Waals surface area contributed by atoms with Crippen LogP contribution in [0.3, 0.4) is 0 Å². The van der Waals surface area contributed by atoms with Gasteiger partial charge in [0, 0.05) is 0 Å². The van der Waals surface area contributed by atoms with E-state index >= 15 is 0 Å². The molecule has 0 bridgehead atoms. The smallest absolute Gasteiger partial charge is 0.0700 e. The van der Waals surface area contributed by atoms with Gasteiger partial charge < -0.3 is 5.11 Å². The number of alkyl halides is 1. The van der Waals surface area contributed by atoms with Gasteiger partial charge >= 0.3 is 0 Å². The lowest BCUT2D eigenvalue weighted by atomic mass is 10.1. The van der Waals surface area contributed by atoms with Crippen LogP contribution < -0.4 is 0 Å². The van der Waals surface area contributed by atoms with Gasteiger partial charge in [-0.1, -0.05) is 67.5 Å². The van der Waals surface area contributed by atoms with Crippen LogP contribution >= 0.6 is 15.9 Å². The summed E-state index contributed by atoms with van der Waals surface area (Å²) in [6.45, 7) is 5.87.